The molecular weight excluding hydrogens is 522 g/mol. The van der Waals surface area contributed by atoms with Crippen LogP contribution >= 0.6 is 0 Å². The van der Waals surface area contributed by atoms with Gasteiger partial charge in [-0.05, 0) is 0 Å². The molecule has 2 aromatic heterocycles. The summed E-state index contributed by atoms with van der Waals surface area (Å²) in [6, 6.07) is -1.15. The predicted octanol–water partition coefficient (Wildman–Crippen LogP) is -2.19. The number of quaternary nitrogens is 2. The predicted molar refractivity (Wildman–Crippen MR) is 114 cm³/mol. The Hall–Kier alpha value is -1.68. The van der Waals surface area contributed by atoms with Crippen LogP contribution in [0.4, 0.5) is 0 Å². The monoisotopic (exact) mass is 554 g/mol. The second-order valence-corrected chi connectivity index (χ2v) is 14.8. The van der Waals surface area contributed by atoms with E-state index in [-0.39, 0.29) is 26.3 Å². The van der Waals surface area contributed by atoms with Crippen LogP contribution in [-0.4, -0.2) is 132 Å². The number of likely N-dealkylation sites (N-methyl/N-ethyl adjacent to an activating group) is 2. The SMILES string of the molecule is C[N+](C)(C)[C@@H](Cc1[nH]cnc1[Se][Se]c1nc[nH]c1C[C@@H](C(=O)O)[N+](C)(C)C)C(=O)O. The molecule has 0 saturated heterocycles. The number of aromatic amines is 2. The molecule has 166 valence electrons. The number of carbonyl (C=O) groups is 2. The standard InChI is InChI=1S/C18H28N6O4Se2/c1-23(2,3)13(17(25)26)7-11-15(21-9-19-11)29-30-16-12(20-10-22-16)8-14(18(27)28)24(4,5)6/h9-10,13-14H,7-8H2,1-6H3,(H2-2,19,20,21,22,25,26,27,28)/p+2/t13-,14-/m0/s1. The van der Waals surface area contributed by atoms with Gasteiger partial charge in [0.1, 0.15) is 0 Å². The molecule has 0 fully saturated rings. The summed E-state index contributed by atoms with van der Waals surface area (Å²) < 4.78 is 2.43. The van der Waals surface area contributed by atoms with Gasteiger partial charge in [0.25, 0.3) is 0 Å². The number of imidazole rings is 2. The molecule has 0 spiro atoms. The first-order chi connectivity index (χ1) is 13.8. The summed E-state index contributed by atoms with van der Waals surface area (Å²) in [6.07, 6.45) is 3.98. The zero-order chi connectivity index (χ0) is 22.7. The van der Waals surface area contributed by atoms with E-state index in [1.165, 1.54) is 0 Å². The van der Waals surface area contributed by atoms with Gasteiger partial charge in [-0.3, -0.25) is 0 Å². The van der Waals surface area contributed by atoms with E-state index in [9.17, 15) is 19.8 Å². The van der Waals surface area contributed by atoms with E-state index in [0.717, 1.165) is 20.6 Å². The molecule has 2 rings (SSSR count). The number of aromatic nitrogens is 4. The first-order valence-electron chi connectivity index (χ1n) is 9.27. The van der Waals surface area contributed by atoms with Crippen molar-refractivity contribution in [2.24, 2.45) is 0 Å². The van der Waals surface area contributed by atoms with Crippen LogP contribution in [0.1, 0.15) is 11.4 Å². The summed E-state index contributed by atoms with van der Waals surface area (Å²) in [5.74, 6) is -1.67. The molecule has 0 aliphatic carbocycles. The molecule has 10 nitrogen and oxygen atoms in total. The number of rotatable bonds is 11. The van der Waals surface area contributed by atoms with Crippen molar-refractivity contribution in [3.05, 3.63) is 24.0 Å². The number of nitrogens with zero attached hydrogens (tertiary/aromatic N) is 4. The topological polar surface area (TPSA) is 132 Å². The normalized spacial score (nSPS) is 14.5. The van der Waals surface area contributed by atoms with E-state index < -0.39 is 24.0 Å². The fourth-order valence-electron chi connectivity index (χ4n) is 2.90. The van der Waals surface area contributed by atoms with Crippen molar-refractivity contribution in [3.63, 3.8) is 0 Å². The van der Waals surface area contributed by atoms with Gasteiger partial charge in [0.05, 0.1) is 0 Å². The van der Waals surface area contributed by atoms with E-state index >= 15 is 0 Å². The van der Waals surface area contributed by atoms with Gasteiger partial charge >= 0.3 is 187 Å². The molecule has 0 bridgehead atoms. The van der Waals surface area contributed by atoms with Crippen LogP contribution in [0, 0.1) is 0 Å². The second kappa shape index (κ2) is 9.63. The first kappa shape index (κ1) is 24.6. The molecule has 4 N–H and O–H groups in total. The van der Waals surface area contributed by atoms with E-state index in [0.29, 0.717) is 21.8 Å². The first-order valence-corrected chi connectivity index (χ1v) is 15.3. The quantitative estimate of drug-likeness (QED) is 0.185. The fourth-order valence-corrected chi connectivity index (χ4v) is 9.51. The molecule has 0 amide bonds. The van der Waals surface area contributed by atoms with Gasteiger partial charge in [0.15, 0.2) is 0 Å². The van der Waals surface area contributed by atoms with Crippen molar-refractivity contribution in [1.29, 1.82) is 0 Å². The number of hydrogen-bond acceptors (Lipinski definition) is 4. The van der Waals surface area contributed by atoms with Crippen molar-refractivity contribution in [2.45, 2.75) is 24.9 Å². The van der Waals surface area contributed by atoms with Crippen molar-refractivity contribution < 1.29 is 28.8 Å². The van der Waals surface area contributed by atoms with E-state index in [4.69, 9.17) is 0 Å². The molecule has 2 heterocycles. The van der Waals surface area contributed by atoms with Crippen LogP contribution < -0.4 is 9.18 Å². The summed E-state index contributed by atoms with van der Waals surface area (Å²) in [6.45, 7) is 0. The van der Waals surface area contributed by atoms with Crippen molar-refractivity contribution in [1.82, 2.24) is 19.9 Å². The van der Waals surface area contributed by atoms with Gasteiger partial charge in [-0.25, -0.2) is 0 Å². The van der Waals surface area contributed by atoms with Crippen molar-refractivity contribution in [3.8, 4) is 0 Å². The summed E-state index contributed by atoms with van der Waals surface area (Å²) in [4.78, 5) is 38.5. The minimum absolute atomic E-state index is 0.00444. The van der Waals surface area contributed by atoms with Gasteiger partial charge in [0.2, 0.25) is 0 Å². The van der Waals surface area contributed by atoms with Gasteiger partial charge < -0.3 is 0 Å². The average molecular weight is 552 g/mol. The zero-order valence-electron chi connectivity index (χ0n) is 18.0. The van der Waals surface area contributed by atoms with Crippen LogP contribution in [0.2, 0.25) is 0 Å². The Morgan fingerprint density at radius 1 is 0.833 bits per heavy atom. The zero-order valence-corrected chi connectivity index (χ0v) is 21.5. The summed E-state index contributed by atoms with van der Waals surface area (Å²) >= 11 is -0.00888. The molecule has 0 aliphatic heterocycles. The molecule has 0 saturated carbocycles. The van der Waals surface area contributed by atoms with Crippen LogP contribution in [0.15, 0.2) is 12.7 Å². The molecule has 0 unspecified atom stereocenters. The summed E-state index contributed by atoms with van der Waals surface area (Å²) in [7, 11) is 11.2. The Kier molecular flexibility index (Phi) is 7.90. The Balaban J connectivity index is 2.12. The Bertz CT molecular complexity index is 812. The third-order valence-corrected chi connectivity index (χ3v) is 11.5. The van der Waals surface area contributed by atoms with Gasteiger partial charge in [-0.2, -0.15) is 0 Å². The van der Waals surface area contributed by atoms with E-state index in [2.05, 4.69) is 19.9 Å². The Morgan fingerprint density at radius 3 is 1.43 bits per heavy atom. The number of carboxylic acid groups (broad SMARTS) is 2. The van der Waals surface area contributed by atoms with Crippen LogP contribution in [-0.2, 0) is 22.4 Å². The van der Waals surface area contributed by atoms with E-state index in [1.807, 2.05) is 42.3 Å². The summed E-state index contributed by atoms with van der Waals surface area (Å²) in [5, 5.41) is 19.2. The Labute approximate surface area is 187 Å². The molecule has 0 radical (unpaired) electrons. The van der Waals surface area contributed by atoms with Crippen molar-refractivity contribution >= 4 is 47.4 Å². The van der Waals surface area contributed by atoms with Gasteiger partial charge in [0, 0.05) is 0 Å². The molecule has 0 aromatic carbocycles. The number of H-pyrrole nitrogens is 2. The average Bonchev–Trinajstić information content (AvgIpc) is 3.21. The number of carboxylic acids is 2. The van der Waals surface area contributed by atoms with Gasteiger partial charge in [-0.1, -0.05) is 0 Å². The van der Waals surface area contributed by atoms with Gasteiger partial charge in [-0.15, -0.1) is 0 Å². The fraction of sp³-hybridized carbons (Fsp3) is 0.556. The van der Waals surface area contributed by atoms with E-state index in [1.54, 1.807) is 12.7 Å². The third-order valence-electron chi connectivity index (χ3n) is 4.79. The number of hydrogen-bond donors (Lipinski definition) is 4. The summed E-state index contributed by atoms with van der Waals surface area (Å²) in [5.41, 5.74) is 1.70. The second-order valence-electron chi connectivity index (χ2n) is 8.89. The molecule has 2 atom stereocenters. The molecule has 30 heavy (non-hydrogen) atoms. The van der Waals surface area contributed by atoms with Crippen molar-refractivity contribution in [2.75, 3.05) is 42.3 Å². The number of nitrogens with one attached hydrogen (secondary N) is 2. The maximum absolute atomic E-state index is 11.7. The third kappa shape index (κ3) is 6.41. The van der Waals surface area contributed by atoms with Crippen LogP contribution in [0.25, 0.3) is 0 Å². The Morgan fingerprint density at radius 2 is 1.17 bits per heavy atom. The van der Waals surface area contributed by atoms with Crippen LogP contribution in [0.5, 0.6) is 0 Å². The number of aliphatic carboxylic acids is 2. The molecular formula is C18H30N6O4Se2+2. The molecule has 2 aromatic rings. The molecule has 0 aliphatic rings. The van der Waals surface area contributed by atoms with Crippen LogP contribution in [0.3, 0.4) is 0 Å². The maximum atomic E-state index is 11.7. The molecule has 12 heteroatoms. The minimum atomic E-state index is -0.837.